The lowest BCUT2D eigenvalue weighted by molar-refractivity contribution is 0.102. The van der Waals surface area contributed by atoms with Crippen LogP contribution in [0, 0.1) is 5.82 Å². The maximum absolute atomic E-state index is 13.3. The number of rotatable bonds is 4. The third-order valence-electron chi connectivity index (χ3n) is 4.01. The van der Waals surface area contributed by atoms with E-state index in [-0.39, 0.29) is 5.02 Å². The number of nitrogens with one attached hydrogen (secondary N) is 2. The van der Waals surface area contributed by atoms with Crippen LogP contribution in [0.25, 0.3) is 0 Å². The quantitative estimate of drug-likeness (QED) is 0.579. The van der Waals surface area contributed by atoms with E-state index >= 15 is 0 Å². The molecule has 3 atom stereocenters. The Morgan fingerprint density at radius 1 is 1.58 bits per heavy atom. The molecule has 0 aliphatic carbocycles. The summed E-state index contributed by atoms with van der Waals surface area (Å²) in [4.78, 5) is 4.19. The average Bonchev–Trinajstić information content (AvgIpc) is 2.99. The van der Waals surface area contributed by atoms with E-state index in [1.165, 1.54) is 30.5 Å². The molecule has 0 radical (unpaired) electrons. The normalized spacial score (nSPS) is 24.3. The number of aliphatic hydroxyl groups excluding tert-OH is 1. The fourth-order valence-electron chi connectivity index (χ4n) is 2.64. The molecule has 0 bridgehead atoms. The van der Waals surface area contributed by atoms with Gasteiger partial charge in [-0.25, -0.2) is 9.37 Å². The van der Waals surface area contributed by atoms with Gasteiger partial charge in [-0.2, -0.15) is 17.4 Å². The first-order chi connectivity index (χ1) is 12.2. The Hall–Kier alpha value is -0.820. The number of thiazole rings is 1. The summed E-state index contributed by atoms with van der Waals surface area (Å²) in [6, 6.07) is 2.57. The van der Waals surface area contributed by atoms with Crippen LogP contribution in [-0.2, 0) is 10.2 Å². The lowest BCUT2D eigenvalue weighted by Gasteiger charge is -2.38. The topological polar surface area (TPSA) is 94.6 Å². The van der Waals surface area contributed by atoms with Crippen LogP contribution >= 0.6 is 38.9 Å². The zero-order chi connectivity index (χ0) is 19.1. The van der Waals surface area contributed by atoms with Gasteiger partial charge in [0, 0.05) is 12.7 Å². The van der Waals surface area contributed by atoms with Gasteiger partial charge in [0.25, 0.3) is 10.2 Å². The predicted octanol–water partition coefficient (Wildman–Crippen LogP) is 2.71. The van der Waals surface area contributed by atoms with Crippen molar-refractivity contribution in [2.24, 2.45) is 0 Å². The summed E-state index contributed by atoms with van der Waals surface area (Å²) in [5.74, 6) is -0.581. The van der Waals surface area contributed by atoms with Gasteiger partial charge in [0.2, 0.25) is 0 Å². The molecule has 1 aromatic heterocycles. The fourth-order valence-corrected chi connectivity index (χ4v) is 5.49. The Morgan fingerprint density at radius 2 is 2.31 bits per heavy atom. The molecule has 12 heteroatoms. The van der Waals surface area contributed by atoms with Crippen molar-refractivity contribution in [3.05, 3.63) is 44.0 Å². The van der Waals surface area contributed by atoms with E-state index in [1.54, 1.807) is 6.20 Å². The van der Waals surface area contributed by atoms with Gasteiger partial charge in [-0.3, -0.25) is 0 Å². The van der Waals surface area contributed by atoms with Crippen LogP contribution in [0.4, 0.5) is 10.1 Å². The number of aromatic nitrogens is 1. The standard InChI is InChI=1S/C14H15BrClFN4O3S2/c1-21-11(13(22)19-7-2-3-9(17)8(16)4-7)5-10(20-26(21,23)24)14-18-6-12(15)25-14/h2-4,6,10-11,13,19-20,22H,5H2,1H3/t10-,11+,13?/m0/s1. The van der Waals surface area contributed by atoms with Crippen molar-refractivity contribution in [1.82, 2.24) is 14.0 Å². The predicted molar refractivity (Wildman–Crippen MR) is 102 cm³/mol. The first kappa shape index (κ1) is 19.9. The Bertz CT molecular complexity index is 913. The summed E-state index contributed by atoms with van der Waals surface area (Å²) in [5.41, 5.74) is 0.377. The molecule has 0 spiro atoms. The molecular weight excluding hydrogens is 471 g/mol. The van der Waals surface area contributed by atoms with Crippen LogP contribution in [-0.4, -0.2) is 42.1 Å². The number of hydrogen-bond acceptors (Lipinski definition) is 6. The molecule has 1 aliphatic rings. The minimum Gasteiger partial charge on any atom is -0.372 e. The van der Waals surface area contributed by atoms with Crippen molar-refractivity contribution >= 4 is 54.8 Å². The zero-order valence-corrected chi connectivity index (χ0v) is 17.3. The number of halogens is 3. The summed E-state index contributed by atoms with van der Waals surface area (Å²) in [6.45, 7) is 0. The number of likely N-dealkylation sites (N-methyl/N-ethyl adjacent to an activating group) is 1. The molecule has 26 heavy (non-hydrogen) atoms. The van der Waals surface area contributed by atoms with Crippen molar-refractivity contribution in [1.29, 1.82) is 0 Å². The Morgan fingerprint density at radius 3 is 2.92 bits per heavy atom. The average molecular weight is 486 g/mol. The molecule has 7 nitrogen and oxygen atoms in total. The maximum Gasteiger partial charge on any atom is 0.280 e. The molecule has 1 aliphatic heterocycles. The summed E-state index contributed by atoms with van der Waals surface area (Å²) in [7, 11) is -2.42. The first-order valence-electron chi connectivity index (χ1n) is 7.43. The van der Waals surface area contributed by atoms with E-state index in [2.05, 4.69) is 31.0 Å². The van der Waals surface area contributed by atoms with Crippen molar-refractivity contribution in [2.45, 2.75) is 24.7 Å². The Balaban J connectivity index is 1.82. The van der Waals surface area contributed by atoms with Gasteiger partial charge in [-0.1, -0.05) is 11.6 Å². The monoisotopic (exact) mass is 484 g/mol. The Labute approximate surface area is 167 Å². The largest absolute Gasteiger partial charge is 0.372 e. The molecule has 2 aromatic rings. The number of aliphatic hydroxyl groups is 1. The van der Waals surface area contributed by atoms with Crippen LogP contribution in [0.15, 0.2) is 28.2 Å². The molecule has 2 heterocycles. The smallest absolute Gasteiger partial charge is 0.280 e. The third-order valence-corrected chi connectivity index (χ3v) is 7.50. The lowest BCUT2D eigenvalue weighted by atomic mass is 10.1. The van der Waals surface area contributed by atoms with Crippen LogP contribution < -0.4 is 10.0 Å². The maximum atomic E-state index is 13.3. The van der Waals surface area contributed by atoms with E-state index in [9.17, 15) is 17.9 Å². The molecule has 0 amide bonds. The molecule has 142 valence electrons. The van der Waals surface area contributed by atoms with Crippen LogP contribution in [0.3, 0.4) is 0 Å². The van der Waals surface area contributed by atoms with Gasteiger partial charge in [0.15, 0.2) is 0 Å². The minimum atomic E-state index is -3.80. The highest BCUT2D eigenvalue weighted by Crippen LogP contribution is 2.33. The van der Waals surface area contributed by atoms with Crippen molar-refractivity contribution in [3.63, 3.8) is 0 Å². The van der Waals surface area contributed by atoms with E-state index < -0.39 is 34.3 Å². The summed E-state index contributed by atoms with van der Waals surface area (Å²) in [6.07, 6.45) is 0.652. The molecule has 1 saturated heterocycles. The van der Waals surface area contributed by atoms with Gasteiger partial charge in [0.1, 0.15) is 17.1 Å². The van der Waals surface area contributed by atoms with E-state index in [1.807, 2.05) is 0 Å². The fraction of sp³-hybridized carbons (Fsp3) is 0.357. The van der Waals surface area contributed by atoms with Crippen LogP contribution in [0.5, 0.6) is 0 Å². The summed E-state index contributed by atoms with van der Waals surface area (Å²) < 4.78 is 42.5. The molecule has 3 rings (SSSR count). The van der Waals surface area contributed by atoms with Gasteiger partial charge < -0.3 is 10.4 Å². The SMILES string of the molecule is CN1[C@@H](C(O)Nc2ccc(F)c(Cl)c2)C[C@@H](c2ncc(Br)s2)NS1(=O)=O. The number of benzene rings is 1. The highest BCUT2D eigenvalue weighted by atomic mass is 79.9. The van der Waals surface area contributed by atoms with E-state index in [0.29, 0.717) is 17.1 Å². The minimum absolute atomic E-state index is 0.0981. The van der Waals surface area contributed by atoms with E-state index in [0.717, 1.165) is 14.2 Å². The van der Waals surface area contributed by atoms with Gasteiger partial charge >= 0.3 is 0 Å². The third kappa shape index (κ3) is 4.19. The summed E-state index contributed by atoms with van der Waals surface area (Å²) >= 11 is 10.4. The first-order valence-corrected chi connectivity index (χ1v) is 10.9. The molecule has 1 unspecified atom stereocenters. The molecule has 1 aromatic carbocycles. The number of hydrogen-bond donors (Lipinski definition) is 3. The number of anilines is 1. The van der Waals surface area contributed by atoms with Gasteiger partial charge in [-0.15, -0.1) is 11.3 Å². The van der Waals surface area contributed by atoms with Gasteiger partial charge in [0.05, 0.1) is 27.1 Å². The second kappa shape index (κ2) is 7.66. The van der Waals surface area contributed by atoms with Crippen molar-refractivity contribution in [3.8, 4) is 0 Å². The van der Waals surface area contributed by atoms with Crippen molar-refractivity contribution < 1.29 is 17.9 Å². The second-order valence-corrected chi connectivity index (χ2v) is 10.3. The van der Waals surface area contributed by atoms with E-state index in [4.69, 9.17) is 11.6 Å². The molecule has 3 N–H and O–H groups in total. The molecule has 0 saturated carbocycles. The lowest BCUT2D eigenvalue weighted by Crippen LogP contribution is -2.57. The highest BCUT2D eigenvalue weighted by molar-refractivity contribution is 9.11. The molecular formula is C14H15BrClFN4O3S2. The van der Waals surface area contributed by atoms with Crippen LogP contribution in [0.1, 0.15) is 17.5 Å². The zero-order valence-electron chi connectivity index (χ0n) is 13.4. The number of nitrogens with zero attached hydrogens (tertiary/aromatic N) is 2. The van der Waals surface area contributed by atoms with Crippen molar-refractivity contribution in [2.75, 3.05) is 12.4 Å². The summed E-state index contributed by atoms with van der Waals surface area (Å²) in [5, 5.41) is 13.8. The highest BCUT2D eigenvalue weighted by Gasteiger charge is 2.41. The van der Waals surface area contributed by atoms with Gasteiger partial charge in [-0.05, 0) is 40.5 Å². The molecule has 1 fully saturated rings. The Kier molecular flexibility index (Phi) is 5.87. The second-order valence-electron chi connectivity index (χ2n) is 5.72. The van der Waals surface area contributed by atoms with Crippen LogP contribution in [0.2, 0.25) is 5.02 Å².